The summed E-state index contributed by atoms with van der Waals surface area (Å²) >= 11 is 0. The number of methoxy groups -OCH3 is 1. The quantitative estimate of drug-likeness (QED) is 0.513. The number of carboxylic acids is 1. The molecule has 0 spiro atoms. The van der Waals surface area contributed by atoms with Gasteiger partial charge in [0.05, 0.1) is 7.11 Å². The topological polar surface area (TPSA) is 76.1 Å². The first-order valence-corrected chi connectivity index (χ1v) is 11.3. The molecule has 1 N–H and O–H groups in total. The fraction of sp³-hybridized carbons (Fsp3) is 0.286. The van der Waals surface area contributed by atoms with E-state index in [2.05, 4.69) is 19.1 Å². The second kappa shape index (κ2) is 10.00. The van der Waals surface area contributed by atoms with Crippen molar-refractivity contribution in [2.24, 2.45) is 0 Å². The van der Waals surface area contributed by atoms with Crippen molar-refractivity contribution in [3.05, 3.63) is 95.1 Å². The summed E-state index contributed by atoms with van der Waals surface area (Å²) in [6.07, 6.45) is 1.97. The fourth-order valence-electron chi connectivity index (χ4n) is 4.47. The molecule has 6 heteroatoms. The Labute approximate surface area is 199 Å². The van der Waals surface area contributed by atoms with Crippen LogP contribution >= 0.6 is 0 Å². The molecule has 0 bridgehead atoms. The molecule has 34 heavy (non-hydrogen) atoms. The maximum atomic E-state index is 13.3. The number of hydrogen-bond acceptors (Lipinski definition) is 4. The van der Waals surface area contributed by atoms with Gasteiger partial charge >= 0.3 is 5.97 Å². The van der Waals surface area contributed by atoms with E-state index < -0.39 is 11.6 Å². The van der Waals surface area contributed by atoms with Gasteiger partial charge in [0.2, 0.25) is 0 Å². The molecule has 4 rings (SSSR count). The predicted molar refractivity (Wildman–Crippen MR) is 130 cm³/mol. The van der Waals surface area contributed by atoms with E-state index in [1.54, 1.807) is 13.2 Å². The number of carboxylic acid groups (broad SMARTS) is 1. The van der Waals surface area contributed by atoms with E-state index in [0.717, 1.165) is 29.0 Å². The molecule has 176 valence electrons. The zero-order chi connectivity index (χ0) is 24.1. The third-order valence-corrected chi connectivity index (χ3v) is 6.07. The van der Waals surface area contributed by atoms with Crippen LogP contribution in [-0.4, -0.2) is 47.7 Å². The third kappa shape index (κ3) is 5.57. The van der Waals surface area contributed by atoms with Gasteiger partial charge in [-0.05, 0) is 60.4 Å². The van der Waals surface area contributed by atoms with E-state index in [1.807, 2.05) is 54.6 Å². The van der Waals surface area contributed by atoms with Gasteiger partial charge in [-0.1, -0.05) is 42.5 Å². The highest BCUT2D eigenvalue weighted by Crippen LogP contribution is 2.37. The summed E-state index contributed by atoms with van der Waals surface area (Å²) < 4.78 is 11.5. The van der Waals surface area contributed by atoms with Gasteiger partial charge in [-0.15, -0.1) is 0 Å². The van der Waals surface area contributed by atoms with Crippen LogP contribution in [0, 0.1) is 0 Å². The van der Waals surface area contributed by atoms with Crippen molar-refractivity contribution < 1.29 is 24.2 Å². The fourth-order valence-corrected chi connectivity index (χ4v) is 4.47. The Bertz CT molecular complexity index is 1180. The molecule has 1 aliphatic heterocycles. The van der Waals surface area contributed by atoms with Crippen LogP contribution < -0.4 is 9.47 Å². The lowest BCUT2D eigenvalue weighted by atomic mass is 9.91. The maximum absolute atomic E-state index is 13.3. The molecule has 0 fully saturated rings. The standard InChI is InChI=1S/C28H29NO5/c1-28(17-21-7-4-3-5-8-21)18-23-16-22(11-12-25(23)34-28)27(32)29(19-26(30)31)14-13-20-9-6-10-24(15-20)33-2/h3-12,15-16H,13-14,17-19H2,1-2H3,(H,30,31). The van der Waals surface area contributed by atoms with Gasteiger partial charge < -0.3 is 19.5 Å². The first-order valence-electron chi connectivity index (χ1n) is 11.3. The van der Waals surface area contributed by atoms with Crippen LogP contribution in [-0.2, 0) is 24.1 Å². The van der Waals surface area contributed by atoms with Crippen LogP contribution in [0.5, 0.6) is 11.5 Å². The monoisotopic (exact) mass is 459 g/mol. The molecule has 0 saturated carbocycles. The van der Waals surface area contributed by atoms with Crippen molar-refractivity contribution in [1.29, 1.82) is 0 Å². The Morgan fingerprint density at radius 3 is 2.53 bits per heavy atom. The Morgan fingerprint density at radius 1 is 1.03 bits per heavy atom. The molecule has 1 heterocycles. The van der Waals surface area contributed by atoms with E-state index >= 15 is 0 Å². The molecule has 6 nitrogen and oxygen atoms in total. The SMILES string of the molecule is COc1cccc(CCN(CC(=O)O)C(=O)c2ccc3c(c2)CC(C)(Cc2ccccc2)O3)c1. The van der Waals surface area contributed by atoms with Crippen LogP contribution in [0.2, 0.25) is 0 Å². The number of fused-ring (bicyclic) bond motifs is 1. The Kier molecular flexibility index (Phi) is 6.87. The normalized spacial score (nSPS) is 16.4. The second-order valence-electron chi connectivity index (χ2n) is 8.94. The Hall–Kier alpha value is -3.80. The predicted octanol–water partition coefficient (Wildman–Crippen LogP) is 4.40. The van der Waals surface area contributed by atoms with Crippen molar-refractivity contribution in [2.45, 2.75) is 31.8 Å². The number of carbonyl (C=O) groups is 2. The molecule has 1 atom stereocenters. The summed E-state index contributed by atoms with van der Waals surface area (Å²) in [7, 11) is 1.60. The number of benzene rings is 3. The molecule has 0 radical (unpaired) electrons. The molecule has 3 aromatic rings. The van der Waals surface area contributed by atoms with Crippen LogP contribution in [0.1, 0.15) is 34.0 Å². The van der Waals surface area contributed by atoms with E-state index in [-0.39, 0.29) is 19.0 Å². The number of ether oxygens (including phenoxy) is 2. The summed E-state index contributed by atoms with van der Waals surface area (Å²) in [4.78, 5) is 26.1. The molecule has 0 saturated heterocycles. The van der Waals surface area contributed by atoms with Gasteiger partial charge in [-0.3, -0.25) is 9.59 Å². The number of aliphatic carboxylic acids is 1. The number of rotatable bonds is 9. The van der Waals surface area contributed by atoms with Gasteiger partial charge in [0.1, 0.15) is 23.6 Å². The van der Waals surface area contributed by atoms with Crippen molar-refractivity contribution in [1.82, 2.24) is 4.90 Å². The van der Waals surface area contributed by atoms with Gasteiger partial charge in [-0.2, -0.15) is 0 Å². The van der Waals surface area contributed by atoms with Crippen LogP contribution in [0.4, 0.5) is 0 Å². The molecule has 1 unspecified atom stereocenters. The average Bonchev–Trinajstić information content (AvgIpc) is 3.16. The van der Waals surface area contributed by atoms with Crippen LogP contribution in [0.25, 0.3) is 0 Å². The highest BCUT2D eigenvalue weighted by molar-refractivity contribution is 5.96. The maximum Gasteiger partial charge on any atom is 0.323 e. The van der Waals surface area contributed by atoms with Gasteiger partial charge in [0.25, 0.3) is 5.91 Å². The van der Waals surface area contributed by atoms with Crippen molar-refractivity contribution in [2.75, 3.05) is 20.2 Å². The number of nitrogens with zero attached hydrogens (tertiary/aromatic N) is 1. The van der Waals surface area contributed by atoms with Gasteiger partial charge in [0.15, 0.2) is 0 Å². The van der Waals surface area contributed by atoms with E-state index in [9.17, 15) is 14.7 Å². The second-order valence-corrected chi connectivity index (χ2v) is 8.94. The Balaban J connectivity index is 1.48. The first-order chi connectivity index (χ1) is 16.3. The van der Waals surface area contributed by atoms with Crippen molar-refractivity contribution >= 4 is 11.9 Å². The van der Waals surface area contributed by atoms with E-state index in [4.69, 9.17) is 9.47 Å². The van der Waals surface area contributed by atoms with E-state index in [0.29, 0.717) is 18.4 Å². The number of carbonyl (C=O) groups excluding carboxylic acids is 1. The number of hydrogen-bond donors (Lipinski definition) is 1. The zero-order valence-electron chi connectivity index (χ0n) is 19.5. The molecule has 0 aliphatic carbocycles. The lowest BCUT2D eigenvalue weighted by molar-refractivity contribution is -0.137. The first kappa shape index (κ1) is 23.4. The minimum atomic E-state index is -1.04. The number of amides is 1. The Morgan fingerprint density at radius 2 is 1.79 bits per heavy atom. The van der Waals surface area contributed by atoms with Crippen LogP contribution in [0.3, 0.4) is 0 Å². The minimum Gasteiger partial charge on any atom is -0.497 e. The highest BCUT2D eigenvalue weighted by Gasteiger charge is 2.35. The summed E-state index contributed by atoms with van der Waals surface area (Å²) in [5.41, 5.74) is 3.21. The molecule has 1 amide bonds. The van der Waals surface area contributed by atoms with E-state index in [1.165, 1.54) is 10.5 Å². The molecular formula is C28H29NO5. The largest absolute Gasteiger partial charge is 0.497 e. The summed E-state index contributed by atoms with van der Waals surface area (Å²) in [6.45, 7) is 2.01. The van der Waals surface area contributed by atoms with Gasteiger partial charge in [0, 0.05) is 24.9 Å². The van der Waals surface area contributed by atoms with Crippen LogP contribution in [0.15, 0.2) is 72.8 Å². The molecule has 0 aromatic heterocycles. The lowest BCUT2D eigenvalue weighted by Gasteiger charge is -2.24. The third-order valence-electron chi connectivity index (χ3n) is 6.07. The summed E-state index contributed by atoms with van der Waals surface area (Å²) in [6, 6.07) is 23.1. The minimum absolute atomic E-state index is 0.289. The summed E-state index contributed by atoms with van der Waals surface area (Å²) in [5, 5.41) is 9.39. The lowest BCUT2D eigenvalue weighted by Crippen LogP contribution is -2.37. The van der Waals surface area contributed by atoms with Crippen molar-refractivity contribution in [3.63, 3.8) is 0 Å². The average molecular weight is 460 g/mol. The van der Waals surface area contributed by atoms with Gasteiger partial charge in [-0.25, -0.2) is 0 Å². The molecule has 3 aromatic carbocycles. The van der Waals surface area contributed by atoms with Crippen molar-refractivity contribution in [3.8, 4) is 11.5 Å². The highest BCUT2D eigenvalue weighted by atomic mass is 16.5. The smallest absolute Gasteiger partial charge is 0.323 e. The molecular weight excluding hydrogens is 430 g/mol. The molecule has 1 aliphatic rings. The summed E-state index contributed by atoms with van der Waals surface area (Å²) in [5.74, 6) is 0.158. The zero-order valence-corrected chi connectivity index (χ0v) is 19.5.